The Bertz CT molecular complexity index is 923. The number of aryl methyl sites for hydroxylation is 1. The lowest BCUT2D eigenvalue weighted by atomic mass is 10.0. The van der Waals surface area contributed by atoms with Gasteiger partial charge in [0.15, 0.2) is 6.54 Å². The molecule has 0 radical (unpaired) electrons. The van der Waals surface area contributed by atoms with Crippen LogP contribution in [0.4, 0.5) is 11.4 Å². The predicted octanol–water partition coefficient (Wildman–Crippen LogP) is 3.51. The first-order valence-corrected chi connectivity index (χ1v) is 9.94. The molecule has 0 spiro atoms. The zero-order valence-corrected chi connectivity index (χ0v) is 16.3. The summed E-state index contributed by atoms with van der Waals surface area (Å²) in [5.74, 6) is -0.152. The summed E-state index contributed by atoms with van der Waals surface area (Å²) in [5, 5.41) is 17.5. The molecule has 1 heterocycles. The van der Waals surface area contributed by atoms with Gasteiger partial charge in [0.2, 0.25) is 0 Å². The maximum atomic E-state index is 12.4. The fourth-order valence-electron chi connectivity index (χ4n) is 2.95. The molecule has 6 nitrogen and oxygen atoms in total. The van der Waals surface area contributed by atoms with Crippen molar-refractivity contribution in [2.75, 3.05) is 11.9 Å². The Morgan fingerprint density at radius 2 is 1.86 bits per heavy atom. The van der Waals surface area contributed by atoms with Crippen LogP contribution in [0.15, 0.2) is 66.0 Å². The molecule has 3 N–H and O–H groups in total. The number of nitrogens with one attached hydrogen (secondary N) is 1. The van der Waals surface area contributed by atoms with E-state index >= 15 is 0 Å². The molecule has 0 bridgehead atoms. The van der Waals surface area contributed by atoms with Gasteiger partial charge in [-0.3, -0.25) is 14.9 Å². The number of nitrogens with two attached hydrogens (primary N) is 1. The van der Waals surface area contributed by atoms with E-state index in [1.807, 2.05) is 16.8 Å². The van der Waals surface area contributed by atoms with Gasteiger partial charge >= 0.3 is 0 Å². The molecule has 144 valence electrons. The van der Waals surface area contributed by atoms with Gasteiger partial charge in [-0.05, 0) is 35.6 Å². The first-order valence-electron chi connectivity index (χ1n) is 9.06. The van der Waals surface area contributed by atoms with Crippen molar-refractivity contribution in [3.8, 4) is 0 Å². The van der Waals surface area contributed by atoms with E-state index in [4.69, 9.17) is 0 Å². The van der Waals surface area contributed by atoms with Crippen LogP contribution >= 0.6 is 11.3 Å². The number of quaternary nitrogens is 1. The summed E-state index contributed by atoms with van der Waals surface area (Å²) in [5.41, 5.74) is 2.98. The standard InChI is InChI=1S/C21H21N3O3S/c1-2-15-5-7-16(8-6-15)21(19-4-3-13-28-19)22-14-20(25)23-17-9-11-18(12-10-17)24(26)27/h3-13,21-22H,2,14H2,1H3,(H,23,25)/p+1/t21-/m0/s1. The second kappa shape index (κ2) is 9.25. The molecule has 0 saturated carbocycles. The Morgan fingerprint density at radius 3 is 2.43 bits per heavy atom. The molecule has 2 aromatic carbocycles. The lowest BCUT2D eigenvalue weighted by Crippen LogP contribution is -2.87. The minimum atomic E-state index is -0.463. The lowest BCUT2D eigenvalue weighted by Gasteiger charge is -2.15. The zero-order chi connectivity index (χ0) is 19.9. The first-order chi connectivity index (χ1) is 13.6. The van der Waals surface area contributed by atoms with E-state index in [0.29, 0.717) is 5.69 Å². The highest BCUT2D eigenvalue weighted by Gasteiger charge is 2.20. The molecule has 1 atom stereocenters. The molecule has 0 aliphatic heterocycles. The molecule has 1 amide bonds. The number of benzene rings is 2. The molecule has 0 saturated heterocycles. The largest absolute Gasteiger partial charge is 0.328 e. The van der Waals surface area contributed by atoms with Crippen LogP contribution in [0.5, 0.6) is 0 Å². The number of nitro benzene ring substituents is 1. The van der Waals surface area contributed by atoms with Gasteiger partial charge in [-0.1, -0.05) is 37.3 Å². The Balaban J connectivity index is 1.65. The molecule has 3 rings (SSSR count). The zero-order valence-electron chi connectivity index (χ0n) is 15.5. The molecule has 0 unspecified atom stereocenters. The molecular formula is C21H22N3O3S+. The minimum absolute atomic E-state index is 0.00199. The molecule has 3 aromatic rings. The van der Waals surface area contributed by atoms with Crippen LogP contribution in [0, 0.1) is 10.1 Å². The molecule has 28 heavy (non-hydrogen) atoms. The van der Waals surface area contributed by atoms with Crippen LogP contribution in [0.25, 0.3) is 0 Å². The number of carbonyl (C=O) groups excluding carboxylic acids is 1. The first kappa shape index (κ1) is 19.7. The quantitative estimate of drug-likeness (QED) is 0.451. The van der Waals surface area contributed by atoms with Gasteiger partial charge in [0.1, 0.15) is 6.04 Å². The minimum Gasteiger partial charge on any atom is -0.328 e. The smallest absolute Gasteiger partial charge is 0.279 e. The van der Waals surface area contributed by atoms with Crippen LogP contribution in [0.2, 0.25) is 0 Å². The summed E-state index contributed by atoms with van der Waals surface area (Å²) in [7, 11) is 0. The number of hydrogen-bond donors (Lipinski definition) is 2. The van der Waals surface area contributed by atoms with Gasteiger partial charge < -0.3 is 10.6 Å². The molecule has 0 aliphatic carbocycles. The molecule has 0 fully saturated rings. The maximum Gasteiger partial charge on any atom is 0.279 e. The lowest BCUT2D eigenvalue weighted by molar-refractivity contribution is -0.675. The number of nitrogens with zero attached hydrogens (tertiary/aromatic N) is 1. The van der Waals surface area contributed by atoms with Crippen molar-refractivity contribution >= 4 is 28.6 Å². The van der Waals surface area contributed by atoms with Crippen molar-refractivity contribution in [2.24, 2.45) is 0 Å². The van der Waals surface area contributed by atoms with Crippen LogP contribution in [-0.2, 0) is 11.2 Å². The van der Waals surface area contributed by atoms with Crippen molar-refractivity contribution in [3.63, 3.8) is 0 Å². The van der Waals surface area contributed by atoms with E-state index < -0.39 is 4.92 Å². The summed E-state index contributed by atoms with van der Waals surface area (Å²) >= 11 is 1.67. The van der Waals surface area contributed by atoms with Crippen LogP contribution in [-0.4, -0.2) is 17.4 Å². The van der Waals surface area contributed by atoms with Gasteiger partial charge in [0, 0.05) is 23.4 Å². The van der Waals surface area contributed by atoms with Crippen molar-refractivity contribution in [1.82, 2.24) is 0 Å². The van der Waals surface area contributed by atoms with Crippen molar-refractivity contribution in [1.29, 1.82) is 0 Å². The number of nitro groups is 1. The summed E-state index contributed by atoms with van der Waals surface area (Å²) in [6.07, 6.45) is 0.991. The number of thiophene rings is 1. The third kappa shape index (κ3) is 5.03. The fraction of sp³-hybridized carbons (Fsp3) is 0.190. The van der Waals surface area contributed by atoms with E-state index in [9.17, 15) is 14.9 Å². The highest BCUT2D eigenvalue weighted by molar-refractivity contribution is 7.10. The second-order valence-corrected chi connectivity index (χ2v) is 7.36. The van der Waals surface area contributed by atoms with Gasteiger partial charge in [0.25, 0.3) is 11.6 Å². The number of anilines is 1. The van der Waals surface area contributed by atoms with E-state index in [-0.39, 0.29) is 24.2 Å². The number of rotatable bonds is 8. The Hall–Kier alpha value is -3.03. The van der Waals surface area contributed by atoms with Gasteiger partial charge in [-0.25, -0.2) is 0 Å². The molecule has 1 aromatic heterocycles. The fourth-order valence-corrected chi connectivity index (χ4v) is 3.80. The summed E-state index contributed by atoms with van der Waals surface area (Å²) in [6.45, 7) is 2.37. The van der Waals surface area contributed by atoms with Crippen LogP contribution in [0.1, 0.15) is 29.0 Å². The molecule has 7 heteroatoms. The van der Waals surface area contributed by atoms with Crippen molar-refractivity contribution < 1.29 is 15.0 Å². The Kier molecular flexibility index (Phi) is 6.52. The van der Waals surface area contributed by atoms with E-state index in [2.05, 4.69) is 42.6 Å². The third-order valence-electron chi connectivity index (χ3n) is 4.50. The normalized spacial score (nSPS) is 11.8. The Labute approximate surface area is 167 Å². The second-order valence-electron chi connectivity index (χ2n) is 6.38. The van der Waals surface area contributed by atoms with E-state index in [1.165, 1.54) is 34.7 Å². The monoisotopic (exact) mass is 396 g/mol. The van der Waals surface area contributed by atoms with Crippen LogP contribution in [0.3, 0.4) is 0 Å². The average molecular weight is 396 g/mol. The van der Waals surface area contributed by atoms with Gasteiger partial charge in [0.05, 0.1) is 9.80 Å². The van der Waals surface area contributed by atoms with Crippen molar-refractivity contribution in [2.45, 2.75) is 19.4 Å². The Morgan fingerprint density at radius 1 is 1.14 bits per heavy atom. The maximum absolute atomic E-state index is 12.4. The third-order valence-corrected chi connectivity index (χ3v) is 5.45. The molecular weight excluding hydrogens is 374 g/mol. The SMILES string of the molecule is CCc1ccc([C@H]([NH2+]CC(=O)Nc2ccc([N+](=O)[O-])cc2)c2cccs2)cc1. The summed E-state index contributed by atoms with van der Waals surface area (Å²) in [4.78, 5) is 23.8. The van der Waals surface area contributed by atoms with Gasteiger partial charge in [-0.2, -0.15) is 0 Å². The number of non-ortho nitro benzene ring substituents is 1. The summed E-state index contributed by atoms with van der Waals surface area (Å²) in [6, 6.07) is 18.5. The average Bonchev–Trinajstić information content (AvgIpc) is 3.23. The van der Waals surface area contributed by atoms with E-state index in [0.717, 1.165) is 12.0 Å². The number of hydrogen-bond acceptors (Lipinski definition) is 4. The molecule has 0 aliphatic rings. The van der Waals surface area contributed by atoms with Gasteiger partial charge in [-0.15, -0.1) is 11.3 Å². The number of amides is 1. The summed E-state index contributed by atoms with van der Waals surface area (Å²) < 4.78 is 0. The van der Waals surface area contributed by atoms with E-state index in [1.54, 1.807) is 11.3 Å². The van der Waals surface area contributed by atoms with Crippen LogP contribution < -0.4 is 10.6 Å². The predicted molar refractivity (Wildman–Crippen MR) is 111 cm³/mol. The highest BCUT2D eigenvalue weighted by atomic mass is 32.1. The topological polar surface area (TPSA) is 88.8 Å². The number of carbonyl (C=O) groups is 1. The van der Waals surface area contributed by atoms with Crippen molar-refractivity contribution in [3.05, 3.63) is 92.2 Å². The highest BCUT2D eigenvalue weighted by Crippen LogP contribution is 2.23.